The molecule has 0 bridgehead atoms. The summed E-state index contributed by atoms with van der Waals surface area (Å²) < 4.78 is 19.3. The number of benzene rings is 2. The highest BCUT2D eigenvalue weighted by Crippen LogP contribution is 2.28. The molecule has 2 aromatic rings. The van der Waals surface area contributed by atoms with Gasteiger partial charge in [0.05, 0.1) is 0 Å². The van der Waals surface area contributed by atoms with Crippen molar-refractivity contribution in [2.75, 3.05) is 0 Å². The van der Waals surface area contributed by atoms with Crippen LogP contribution in [0.4, 0.5) is 4.39 Å². The summed E-state index contributed by atoms with van der Waals surface area (Å²) in [5, 5.41) is 0. The van der Waals surface area contributed by atoms with E-state index in [9.17, 15) is 4.39 Å². The fourth-order valence-electron chi connectivity index (χ4n) is 2.32. The third-order valence-electron chi connectivity index (χ3n) is 3.67. The lowest BCUT2D eigenvalue weighted by Gasteiger charge is -2.26. The van der Waals surface area contributed by atoms with Gasteiger partial charge >= 0.3 is 0 Å². The van der Waals surface area contributed by atoms with Gasteiger partial charge in [0, 0.05) is 6.04 Å². The van der Waals surface area contributed by atoms with Crippen LogP contribution in [-0.2, 0) is 6.42 Å². The van der Waals surface area contributed by atoms with Gasteiger partial charge in [0.2, 0.25) is 0 Å². The first kappa shape index (κ1) is 15.5. The largest absolute Gasteiger partial charge is 0.484 e. The molecule has 2 atom stereocenters. The highest BCUT2D eigenvalue weighted by atomic mass is 19.1. The Morgan fingerprint density at radius 2 is 1.71 bits per heavy atom. The highest BCUT2D eigenvalue weighted by Gasteiger charge is 2.21. The molecule has 0 spiro atoms. The summed E-state index contributed by atoms with van der Waals surface area (Å²) in [6.07, 6.45) is 1.41. The number of aryl methyl sites for hydroxylation is 1. The van der Waals surface area contributed by atoms with Gasteiger partial charge in [0.1, 0.15) is 17.7 Å². The number of para-hydroxylation sites is 1. The Hall–Kier alpha value is -1.87. The first-order valence-electron chi connectivity index (χ1n) is 7.41. The Morgan fingerprint density at radius 3 is 2.33 bits per heavy atom. The third-order valence-corrected chi connectivity index (χ3v) is 3.67. The summed E-state index contributed by atoms with van der Waals surface area (Å²) in [7, 11) is 0. The van der Waals surface area contributed by atoms with Gasteiger partial charge in [-0.15, -0.1) is 0 Å². The molecule has 0 aromatic heterocycles. The van der Waals surface area contributed by atoms with E-state index < -0.39 is 0 Å². The van der Waals surface area contributed by atoms with E-state index in [0.717, 1.165) is 29.7 Å². The Morgan fingerprint density at radius 1 is 1.05 bits per heavy atom. The summed E-state index contributed by atoms with van der Waals surface area (Å²) in [6.45, 7) is 4.12. The monoisotopic (exact) mass is 287 g/mol. The Kier molecular flexibility index (Phi) is 5.34. The maximum atomic E-state index is 13.1. The molecule has 2 nitrogen and oxygen atoms in total. The smallest absolute Gasteiger partial charge is 0.139 e. The Bertz CT molecular complexity index is 568. The second kappa shape index (κ2) is 7.23. The molecule has 2 aromatic carbocycles. The molecule has 0 radical (unpaired) electrons. The second-order valence-electron chi connectivity index (χ2n) is 5.12. The predicted molar refractivity (Wildman–Crippen MR) is 83.9 cm³/mol. The van der Waals surface area contributed by atoms with Crippen molar-refractivity contribution in [3.63, 3.8) is 0 Å². The molecule has 0 saturated carbocycles. The molecule has 0 saturated heterocycles. The van der Waals surface area contributed by atoms with Crippen molar-refractivity contribution in [1.29, 1.82) is 0 Å². The van der Waals surface area contributed by atoms with Gasteiger partial charge in [-0.2, -0.15) is 0 Å². The molecule has 3 heteroatoms. The van der Waals surface area contributed by atoms with Crippen LogP contribution in [0.25, 0.3) is 0 Å². The molecule has 0 aliphatic carbocycles. The molecule has 2 rings (SSSR count). The minimum Gasteiger partial charge on any atom is -0.484 e. The number of hydrogen-bond donors (Lipinski definition) is 1. The molecule has 0 aliphatic rings. The lowest BCUT2D eigenvalue weighted by Crippen LogP contribution is -2.31. The maximum absolute atomic E-state index is 13.1. The molecular weight excluding hydrogens is 265 g/mol. The zero-order chi connectivity index (χ0) is 15.2. The average molecular weight is 287 g/mol. The van der Waals surface area contributed by atoms with E-state index in [1.807, 2.05) is 25.1 Å². The van der Waals surface area contributed by atoms with E-state index in [-0.39, 0.29) is 18.0 Å². The van der Waals surface area contributed by atoms with E-state index in [1.54, 1.807) is 12.1 Å². The van der Waals surface area contributed by atoms with Crippen molar-refractivity contribution >= 4 is 0 Å². The van der Waals surface area contributed by atoms with Gasteiger partial charge in [0.15, 0.2) is 0 Å². The van der Waals surface area contributed by atoms with Crippen molar-refractivity contribution in [1.82, 2.24) is 0 Å². The van der Waals surface area contributed by atoms with Crippen LogP contribution in [0.5, 0.6) is 5.75 Å². The van der Waals surface area contributed by atoms with Crippen molar-refractivity contribution in [2.24, 2.45) is 5.73 Å². The van der Waals surface area contributed by atoms with Crippen LogP contribution in [0, 0.1) is 5.82 Å². The minimum absolute atomic E-state index is 0.139. The van der Waals surface area contributed by atoms with Gasteiger partial charge in [0.25, 0.3) is 0 Å². The number of rotatable bonds is 6. The average Bonchev–Trinajstić information content (AvgIpc) is 2.53. The third kappa shape index (κ3) is 3.82. The molecule has 0 heterocycles. The van der Waals surface area contributed by atoms with E-state index in [4.69, 9.17) is 10.5 Å². The topological polar surface area (TPSA) is 35.2 Å². The zero-order valence-corrected chi connectivity index (χ0v) is 12.6. The van der Waals surface area contributed by atoms with E-state index >= 15 is 0 Å². The van der Waals surface area contributed by atoms with Crippen LogP contribution >= 0.6 is 0 Å². The van der Waals surface area contributed by atoms with Crippen molar-refractivity contribution < 1.29 is 9.13 Å². The summed E-state index contributed by atoms with van der Waals surface area (Å²) in [5.74, 6) is 0.592. The first-order valence-corrected chi connectivity index (χ1v) is 7.41. The number of hydrogen-bond acceptors (Lipinski definition) is 2. The molecular formula is C18H22FNO. The van der Waals surface area contributed by atoms with Crippen molar-refractivity contribution in [3.8, 4) is 5.75 Å². The fourth-order valence-corrected chi connectivity index (χ4v) is 2.32. The van der Waals surface area contributed by atoms with Crippen molar-refractivity contribution in [3.05, 3.63) is 65.5 Å². The van der Waals surface area contributed by atoms with Crippen LogP contribution in [0.1, 0.15) is 37.5 Å². The summed E-state index contributed by atoms with van der Waals surface area (Å²) >= 11 is 0. The SMILES string of the molecule is CCc1ccccc1OC(c1ccc(F)cc1)C(N)CC. The summed E-state index contributed by atoms with van der Waals surface area (Å²) in [4.78, 5) is 0. The fraction of sp³-hybridized carbons (Fsp3) is 0.333. The van der Waals surface area contributed by atoms with Gasteiger partial charge in [-0.25, -0.2) is 4.39 Å². The van der Waals surface area contributed by atoms with Crippen LogP contribution < -0.4 is 10.5 Å². The zero-order valence-electron chi connectivity index (χ0n) is 12.6. The molecule has 0 fully saturated rings. The van der Waals surface area contributed by atoms with Crippen LogP contribution in [0.15, 0.2) is 48.5 Å². The highest BCUT2D eigenvalue weighted by molar-refractivity contribution is 5.34. The second-order valence-corrected chi connectivity index (χ2v) is 5.12. The molecule has 21 heavy (non-hydrogen) atoms. The van der Waals surface area contributed by atoms with Gasteiger partial charge < -0.3 is 10.5 Å². The number of halogens is 1. The molecule has 0 aliphatic heterocycles. The number of nitrogens with two attached hydrogens (primary N) is 1. The quantitative estimate of drug-likeness (QED) is 0.862. The van der Waals surface area contributed by atoms with Gasteiger partial charge in [-0.05, 0) is 42.2 Å². The van der Waals surface area contributed by atoms with E-state index in [1.165, 1.54) is 12.1 Å². The standard InChI is InChI=1S/C18H22FNO/c1-3-13-7-5-6-8-17(13)21-18(16(20)4-2)14-9-11-15(19)12-10-14/h5-12,16,18H,3-4,20H2,1-2H3. The van der Waals surface area contributed by atoms with Gasteiger partial charge in [-0.3, -0.25) is 0 Å². The predicted octanol–water partition coefficient (Wildman–Crippen LogP) is 4.25. The minimum atomic E-state index is -0.275. The summed E-state index contributed by atoms with van der Waals surface area (Å²) in [5.41, 5.74) is 8.25. The van der Waals surface area contributed by atoms with E-state index in [2.05, 4.69) is 13.0 Å². The lowest BCUT2D eigenvalue weighted by molar-refractivity contribution is 0.169. The molecule has 2 N–H and O–H groups in total. The Balaban J connectivity index is 2.30. The van der Waals surface area contributed by atoms with Crippen LogP contribution in [0.3, 0.4) is 0 Å². The van der Waals surface area contributed by atoms with Crippen LogP contribution in [0.2, 0.25) is 0 Å². The summed E-state index contributed by atoms with van der Waals surface area (Å²) in [6, 6.07) is 14.2. The Labute approximate surface area is 125 Å². The molecule has 0 amide bonds. The first-order chi connectivity index (χ1) is 10.2. The maximum Gasteiger partial charge on any atom is 0.139 e. The van der Waals surface area contributed by atoms with E-state index in [0.29, 0.717) is 0 Å². The molecule has 112 valence electrons. The van der Waals surface area contributed by atoms with Crippen LogP contribution in [-0.4, -0.2) is 6.04 Å². The van der Waals surface area contributed by atoms with Gasteiger partial charge in [-0.1, -0.05) is 44.2 Å². The molecule has 2 unspecified atom stereocenters. The number of ether oxygens (including phenoxy) is 1. The lowest BCUT2D eigenvalue weighted by atomic mass is 10.0. The van der Waals surface area contributed by atoms with Crippen molar-refractivity contribution in [2.45, 2.75) is 38.8 Å². The normalized spacial score (nSPS) is 13.7.